The monoisotopic (exact) mass is 755 g/mol. The van der Waals surface area contributed by atoms with E-state index in [1.165, 1.54) is 0 Å². The van der Waals surface area contributed by atoms with E-state index >= 15 is 0 Å². The van der Waals surface area contributed by atoms with Crippen LogP contribution in [0.1, 0.15) is 0 Å². The summed E-state index contributed by atoms with van der Waals surface area (Å²) in [6.07, 6.45) is 0. The van der Waals surface area contributed by atoms with Crippen molar-refractivity contribution in [3.05, 3.63) is 200 Å². The first-order chi connectivity index (χ1) is 29.2. The summed E-state index contributed by atoms with van der Waals surface area (Å²) in [6, 6.07) is 68.2. The fourth-order valence-corrected chi connectivity index (χ4v) is 7.66. The van der Waals surface area contributed by atoms with Crippen molar-refractivity contribution in [2.24, 2.45) is 0 Å². The third-order valence-corrected chi connectivity index (χ3v) is 10.7. The van der Waals surface area contributed by atoms with E-state index in [9.17, 15) is 0 Å². The van der Waals surface area contributed by atoms with Gasteiger partial charge in [-0.05, 0) is 76.1 Å². The third-order valence-electron chi connectivity index (χ3n) is 10.7. The van der Waals surface area contributed by atoms with Crippen molar-refractivity contribution in [3.63, 3.8) is 0 Å². The molecule has 0 spiro atoms. The van der Waals surface area contributed by atoms with Crippen molar-refractivity contribution >= 4 is 32.6 Å². The maximum atomic E-state index is 6.41. The van der Waals surface area contributed by atoms with Gasteiger partial charge in [0, 0.05) is 38.9 Å². The van der Waals surface area contributed by atoms with Crippen molar-refractivity contribution in [2.45, 2.75) is 0 Å². The summed E-state index contributed by atoms with van der Waals surface area (Å²) < 4.78 is 6.41. The Morgan fingerprint density at radius 2 is 0.695 bits per heavy atom. The molecular formula is C53H33N5O. The molecule has 0 fully saturated rings. The quantitative estimate of drug-likeness (QED) is 0.161. The maximum absolute atomic E-state index is 6.41. The Balaban J connectivity index is 1.15. The number of hydrogen-bond acceptors (Lipinski definition) is 6. The second-order valence-electron chi connectivity index (χ2n) is 14.6. The van der Waals surface area contributed by atoms with Crippen LogP contribution in [0.4, 0.5) is 0 Å². The second kappa shape index (κ2) is 14.4. The van der Waals surface area contributed by atoms with Crippen LogP contribution in [0.25, 0.3) is 112 Å². The highest BCUT2D eigenvalue weighted by Crippen LogP contribution is 2.37. The zero-order valence-electron chi connectivity index (χ0n) is 31.7. The van der Waals surface area contributed by atoms with Gasteiger partial charge in [0.2, 0.25) is 5.89 Å². The Labute approximate surface area is 340 Å². The topological polar surface area (TPSA) is 77.6 Å². The first-order valence-corrected chi connectivity index (χ1v) is 19.6. The Morgan fingerprint density at radius 3 is 1.20 bits per heavy atom. The second-order valence-corrected chi connectivity index (χ2v) is 14.6. The van der Waals surface area contributed by atoms with E-state index in [4.69, 9.17) is 29.3 Å². The molecular weight excluding hydrogens is 723 g/mol. The molecule has 0 saturated carbocycles. The molecule has 0 aliphatic rings. The molecule has 11 aromatic rings. The van der Waals surface area contributed by atoms with Gasteiger partial charge in [-0.25, -0.2) is 24.9 Å². The van der Waals surface area contributed by atoms with Gasteiger partial charge in [-0.15, -0.1) is 0 Å². The highest BCUT2D eigenvalue weighted by atomic mass is 16.3. The van der Waals surface area contributed by atoms with E-state index in [1.807, 2.05) is 60.7 Å². The molecule has 0 atom stereocenters. The average molecular weight is 756 g/mol. The average Bonchev–Trinajstić information content (AvgIpc) is 3.76. The largest absolute Gasteiger partial charge is 0.436 e. The van der Waals surface area contributed by atoms with E-state index in [0.717, 1.165) is 88.8 Å². The van der Waals surface area contributed by atoms with Gasteiger partial charge in [0.15, 0.2) is 17.2 Å². The molecule has 0 bridgehead atoms. The predicted octanol–water partition coefficient (Wildman–Crippen LogP) is 13.4. The van der Waals surface area contributed by atoms with Crippen LogP contribution in [-0.2, 0) is 0 Å². The van der Waals surface area contributed by atoms with Gasteiger partial charge in [0.25, 0.3) is 0 Å². The van der Waals surface area contributed by atoms with Gasteiger partial charge >= 0.3 is 0 Å². The van der Waals surface area contributed by atoms with E-state index in [2.05, 4.69) is 140 Å². The summed E-state index contributed by atoms with van der Waals surface area (Å²) in [7, 11) is 0. The lowest BCUT2D eigenvalue weighted by Crippen LogP contribution is -1.98. The normalized spacial score (nSPS) is 11.4. The van der Waals surface area contributed by atoms with E-state index in [0.29, 0.717) is 23.1 Å². The zero-order chi connectivity index (χ0) is 39.1. The summed E-state index contributed by atoms with van der Waals surface area (Å²) in [4.78, 5) is 25.8. The lowest BCUT2D eigenvalue weighted by molar-refractivity contribution is 0.620. The number of para-hydroxylation sites is 2. The van der Waals surface area contributed by atoms with E-state index in [1.54, 1.807) is 0 Å². The van der Waals surface area contributed by atoms with Crippen LogP contribution in [-0.4, -0.2) is 24.9 Å². The number of nitrogens with zero attached hydrogens (tertiary/aromatic N) is 5. The Hall–Kier alpha value is -8.09. The fraction of sp³-hybridized carbons (Fsp3) is 0. The summed E-state index contributed by atoms with van der Waals surface area (Å²) in [5, 5.41) is 4.57. The van der Waals surface area contributed by atoms with E-state index < -0.39 is 0 Å². The molecule has 3 heterocycles. The minimum absolute atomic E-state index is 0.508. The van der Waals surface area contributed by atoms with Crippen LogP contribution in [0.15, 0.2) is 205 Å². The highest BCUT2D eigenvalue weighted by molar-refractivity contribution is 5.89. The molecule has 0 aliphatic carbocycles. The highest BCUT2D eigenvalue weighted by Gasteiger charge is 2.18. The van der Waals surface area contributed by atoms with Crippen LogP contribution in [0, 0.1) is 0 Å². The minimum Gasteiger partial charge on any atom is -0.436 e. The molecule has 6 nitrogen and oxygen atoms in total. The molecule has 0 amide bonds. The zero-order valence-corrected chi connectivity index (χ0v) is 31.7. The first-order valence-electron chi connectivity index (χ1n) is 19.6. The van der Waals surface area contributed by atoms with Crippen molar-refractivity contribution in [2.75, 3.05) is 0 Å². The number of oxazole rings is 1. The van der Waals surface area contributed by atoms with Crippen LogP contribution in [0.2, 0.25) is 0 Å². The smallest absolute Gasteiger partial charge is 0.227 e. The lowest BCUT2D eigenvalue weighted by atomic mass is 9.98. The molecule has 11 rings (SSSR count). The van der Waals surface area contributed by atoms with Gasteiger partial charge in [-0.3, -0.25) is 0 Å². The number of aromatic nitrogens is 5. The van der Waals surface area contributed by atoms with Crippen molar-refractivity contribution in [1.29, 1.82) is 0 Å². The SMILES string of the molecule is c1ccc(-c2cc(-c3cc(-c4cc(-c5ccccc5)nc(-c5ccc6ccccc6c5)n4)cc(-c4nc5ccccc5o4)c3)nc(-c3ccc4ccccc4c3)n2)cc1. The van der Waals surface area contributed by atoms with Gasteiger partial charge < -0.3 is 4.42 Å². The molecule has 59 heavy (non-hydrogen) atoms. The molecule has 0 N–H and O–H groups in total. The van der Waals surface area contributed by atoms with Crippen LogP contribution in [0.5, 0.6) is 0 Å². The predicted molar refractivity (Wildman–Crippen MR) is 238 cm³/mol. The summed E-state index contributed by atoms with van der Waals surface area (Å²) in [5.41, 5.74) is 11.1. The van der Waals surface area contributed by atoms with Gasteiger partial charge in [-0.2, -0.15) is 0 Å². The minimum atomic E-state index is 0.508. The maximum Gasteiger partial charge on any atom is 0.227 e. The Bertz CT molecular complexity index is 3120. The van der Waals surface area contributed by atoms with Gasteiger partial charge in [0.05, 0.1) is 22.8 Å². The van der Waals surface area contributed by atoms with Crippen LogP contribution >= 0.6 is 0 Å². The molecule has 0 saturated heterocycles. The van der Waals surface area contributed by atoms with Crippen molar-refractivity contribution in [3.8, 4) is 79.3 Å². The van der Waals surface area contributed by atoms with Crippen molar-refractivity contribution in [1.82, 2.24) is 24.9 Å². The fourth-order valence-electron chi connectivity index (χ4n) is 7.66. The molecule has 0 unspecified atom stereocenters. The third kappa shape index (κ3) is 6.68. The summed E-state index contributed by atoms with van der Waals surface area (Å²) >= 11 is 0. The Morgan fingerprint density at radius 1 is 0.271 bits per heavy atom. The summed E-state index contributed by atoms with van der Waals surface area (Å²) in [5.74, 6) is 1.77. The number of hydrogen-bond donors (Lipinski definition) is 0. The lowest BCUT2D eigenvalue weighted by Gasteiger charge is -2.13. The molecule has 0 aliphatic heterocycles. The number of benzene rings is 8. The first kappa shape index (κ1) is 34.2. The number of rotatable bonds is 7. The molecule has 3 aromatic heterocycles. The van der Waals surface area contributed by atoms with E-state index in [-0.39, 0.29) is 0 Å². The molecule has 276 valence electrons. The molecule has 8 aromatic carbocycles. The summed E-state index contributed by atoms with van der Waals surface area (Å²) in [6.45, 7) is 0. The van der Waals surface area contributed by atoms with Gasteiger partial charge in [-0.1, -0.05) is 146 Å². The van der Waals surface area contributed by atoms with Crippen molar-refractivity contribution < 1.29 is 4.42 Å². The van der Waals surface area contributed by atoms with Crippen LogP contribution in [0.3, 0.4) is 0 Å². The molecule has 6 heteroatoms. The van der Waals surface area contributed by atoms with Gasteiger partial charge in [0.1, 0.15) is 5.52 Å². The standard InChI is InChI=1S/C53H33N5O/c1-3-15-36(16-4-1)46-32-48(56-51(54-46)40-25-23-34-13-7-9-19-38(34)27-40)42-29-43(31-44(30-42)53-58-45-21-11-12-22-50(45)59-53)49-33-47(37-17-5-2-6-18-37)55-52(57-49)41-26-24-35-14-8-10-20-39(35)28-41/h1-33H. The Kier molecular flexibility index (Phi) is 8.37. The van der Waals surface area contributed by atoms with Crippen LogP contribution < -0.4 is 0 Å². The molecule has 0 radical (unpaired) electrons. The number of fused-ring (bicyclic) bond motifs is 3.